The first-order valence-electron chi connectivity index (χ1n) is 7.32. The molecule has 0 aliphatic heterocycles. The van der Waals surface area contributed by atoms with Crippen LogP contribution < -0.4 is 14.4 Å². The number of hydrogen-bond acceptors (Lipinski definition) is 6. The van der Waals surface area contributed by atoms with Crippen molar-refractivity contribution in [1.29, 1.82) is 0 Å². The van der Waals surface area contributed by atoms with Crippen LogP contribution in [-0.4, -0.2) is 41.4 Å². The van der Waals surface area contributed by atoms with Crippen molar-refractivity contribution in [1.82, 2.24) is 5.32 Å². The largest absolute Gasteiger partial charge is 0.584 e. The van der Waals surface area contributed by atoms with Crippen LogP contribution >= 0.6 is 7.82 Å². The molecule has 2 aromatic rings. The Labute approximate surface area is 141 Å². The highest BCUT2D eigenvalue weighted by Gasteiger charge is 2.24. The first kappa shape index (κ1) is 20.2. The van der Waals surface area contributed by atoms with Crippen LogP contribution in [0.3, 0.4) is 0 Å². The van der Waals surface area contributed by atoms with Gasteiger partial charge in [0.25, 0.3) is 0 Å². The third-order valence-electron chi connectivity index (χ3n) is 2.51. The molecule has 0 aromatic heterocycles. The molecule has 0 radical (unpaired) electrons. The molecular weight excluding hydrogens is 333 g/mol. The van der Waals surface area contributed by atoms with Crippen molar-refractivity contribution < 1.29 is 28.7 Å². The minimum Gasteiger partial charge on any atom is -0.395 e. The lowest BCUT2D eigenvalue weighted by molar-refractivity contribution is 0.266. The smallest absolute Gasteiger partial charge is 0.395 e. The highest BCUT2D eigenvalue weighted by molar-refractivity contribution is 7.48. The van der Waals surface area contributed by atoms with Crippen molar-refractivity contribution in [3.8, 4) is 11.5 Å². The molecule has 0 amide bonds. The van der Waals surface area contributed by atoms with Crippen LogP contribution in [0.15, 0.2) is 60.7 Å². The summed E-state index contributed by atoms with van der Waals surface area (Å²) >= 11 is 0. The monoisotopic (exact) mass is 355 g/mol. The second-order valence-electron chi connectivity index (χ2n) is 4.47. The second kappa shape index (κ2) is 11.6. The quantitative estimate of drug-likeness (QED) is 0.422. The highest BCUT2D eigenvalue weighted by Crippen LogP contribution is 2.43. The zero-order chi connectivity index (χ0) is 17.7. The van der Waals surface area contributed by atoms with Crippen LogP contribution in [0.2, 0.25) is 0 Å². The van der Waals surface area contributed by atoms with Crippen LogP contribution in [0.1, 0.15) is 0 Å². The second-order valence-corrected chi connectivity index (χ2v) is 5.78. The van der Waals surface area contributed by atoms with Gasteiger partial charge >= 0.3 is 7.82 Å². The molecule has 0 saturated heterocycles. The molecular formula is C16H22NO6P. The maximum atomic E-state index is 11.7. The minimum absolute atomic E-state index is 0.139. The summed E-state index contributed by atoms with van der Waals surface area (Å²) in [4.78, 5) is 9.53. The number of aliphatic hydroxyl groups excluding tert-OH is 2. The number of benzene rings is 2. The van der Waals surface area contributed by atoms with Gasteiger partial charge in [0.2, 0.25) is 0 Å². The van der Waals surface area contributed by atoms with Gasteiger partial charge in [-0.05, 0) is 24.3 Å². The lowest BCUT2D eigenvalue weighted by atomic mass is 10.3. The van der Waals surface area contributed by atoms with Gasteiger partial charge in [0.05, 0.1) is 13.2 Å². The average molecular weight is 355 g/mol. The van der Waals surface area contributed by atoms with Crippen molar-refractivity contribution in [3.63, 3.8) is 0 Å². The van der Waals surface area contributed by atoms with E-state index in [0.29, 0.717) is 13.1 Å². The summed E-state index contributed by atoms with van der Waals surface area (Å²) in [7, 11) is -4.14. The van der Waals surface area contributed by atoms with E-state index in [-0.39, 0.29) is 24.7 Å². The third-order valence-corrected chi connectivity index (χ3v) is 3.39. The van der Waals surface area contributed by atoms with Crippen molar-refractivity contribution in [3.05, 3.63) is 60.7 Å². The molecule has 7 nitrogen and oxygen atoms in total. The van der Waals surface area contributed by atoms with Crippen molar-refractivity contribution in [2.75, 3.05) is 26.3 Å². The molecule has 132 valence electrons. The Morgan fingerprint density at radius 3 is 1.50 bits per heavy atom. The molecule has 0 spiro atoms. The van der Waals surface area contributed by atoms with E-state index in [0.717, 1.165) is 0 Å². The first-order valence-corrected chi connectivity index (χ1v) is 8.81. The molecule has 0 fully saturated rings. The standard InChI is InChI=1S/C12H11O4P.C4H11NO2/c13-17(14,15-11-7-3-1-4-8-11)16-12-9-5-2-6-10-12;6-3-1-5-2-4-7/h1-10H,(H,13,14);5-7H,1-4H2. The number of aliphatic hydroxyl groups is 2. The van der Waals surface area contributed by atoms with Gasteiger partial charge in [-0.25, -0.2) is 4.57 Å². The van der Waals surface area contributed by atoms with E-state index in [9.17, 15) is 9.46 Å². The molecule has 0 aliphatic carbocycles. The Bertz CT molecular complexity index is 547. The zero-order valence-corrected chi connectivity index (χ0v) is 14.0. The maximum absolute atomic E-state index is 11.7. The van der Waals surface area contributed by atoms with Crippen LogP contribution in [0.5, 0.6) is 11.5 Å². The summed E-state index contributed by atoms with van der Waals surface area (Å²) in [5, 5.41) is 19.1. The van der Waals surface area contributed by atoms with Gasteiger partial charge in [-0.15, -0.1) is 0 Å². The van der Waals surface area contributed by atoms with Gasteiger partial charge in [0.1, 0.15) is 11.5 Å². The van der Waals surface area contributed by atoms with E-state index in [4.69, 9.17) is 19.3 Å². The molecule has 0 atom stereocenters. The SMILES string of the molecule is O=P(O)(Oc1ccccc1)Oc1ccccc1.OCCNCCO. The average Bonchev–Trinajstić information content (AvgIpc) is 2.57. The van der Waals surface area contributed by atoms with Gasteiger partial charge in [0.15, 0.2) is 0 Å². The van der Waals surface area contributed by atoms with Gasteiger partial charge in [0, 0.05) is 13.1 Å². The number of phosphoric acid groups is 1. The maximum Gasteiger partial charge on any atom is 0.584 e. The fourth-order valence-electron chi connectivity index (χ4n) is 1.53. The minimum atomic E-state index is -4.14. The van der Waals surface area contributed by atoms with E-state index in [1.165, 1.54) is 0 Å². The predicted octanol–water partition coefficient (Wildman–Crippen LogP) is 1.81. The summed E-state index contributed by atoms with van der Waals surface area (Å²) in [6.07, 6.45) is 0. The van der Waals surface area contributed by atoms with Gasteiger partial charge in [-0.2, -0.15) is 0 Å². The zero-order valence-electron chi connectivity index (χ0n) is 13.1. The Morgan fingerprint density at radius 2 is 1.17 bits per heavy atom. The van der Waals surface area contributed by atoms with E-state index >= 15 is 0 Å². The first-order chi connectivity index (χ1) is 11.6. The fourth-order valence-corrected chi connectivity index (χ4v) is 2.34. The normalized spacial score (nSPS) is 10.5. The van der Waals surface area contributed by atoms with Gasteiger partial charge in [-0.1, -0.05) is 36.4 Å². The summed E-state index contributed by atoms with van der Waals surface area (Å²) in [5.74, 6) is 0.573. The van der Waals surface area contributed by atoms with Gasteiger partial charge < -0.3 is 24.6 Å². The molecule has 0 heterocycles. The van der Waals surface area contributed by atoms with Crippen LogP contribution in [0, 0.1) is 0 Å². The van der Waals surface area contributed by atoms with Crippen LogP contribution in [-0.2, 0) is 4.57 Å². The van der Waals surface area contributed by atoms with E-state index < -0.39 is 7.82 Å². The fraction of sp³-hybridized carbons (Fsp3) is 0.250. The number of rotatable bonds is 8. The molecule has 4 N–H and O–H groups in total. The van der Waals surface area contributed by atoms with Gasteiger partial charge in [-0.3, -0.25) is 4.89 Å². The number of nitrogens with one attached hydrogen (secondary N) is 1. The molecule has 24 heavy (non-hydrogen) atoms. The molecule has 0 unspecified atom stereocenters. The predicted molar refractivity (Wildman–Crippen MR) is 91.0 cm³/mol. The summed E-state index contributed by atoms with van der Waals surface area (Å²) in [5.41, 5.74) is 0. The molecule has 0 saturated carbocycles. The number of phosphoric ester groups is 1. The van der Waals surface area contributed by atoms with Crippen LogP contribution in [0.4, 0.5) is 0 Å². The Morgan fingerprint density at radius 1 is 0.792 bits per heavy atom. The molecule has 2 aromatic carbocycles. The van der Waals surface area contributed by atoms with Crippen molar-refractivity contribution >= 4 is 7.82 Å². The summed E-state index contributed by atoms with van der Waals surface area (Å²) < 4.78 is 21.5. The van der Waals surface area contributed by atoms with Crippen molar-refractivity contribution in [2.24, 2.45) is 0 Å². The Hall–Kier alpha value is -1.89. The molecule has 0 aliphatic rings. The summed E-state index contributed by atoms with van der Waals surface area (Å²) in [6, 6.07) is 16.7. The Balaban J connectivity index is 0.000000351. The number of hydrogen-bond donors (Lipinski definition) is 4. The van der Waals surface area contributed by atoms with Crippen LogP contribution in [0.25, 0.3) is 0 Å². The van der Waals surface area contributed by atoms with E-state index in [1.807, 2.05) is 0 Å². The lowest BCUT2D eigenvalue weighted by Gasteiger charge is -2.13. The molecule has 0 bridgehead atoms. The topological polar surface area (TPSA) is 108 Å². The highest BCUT2D eigenvalue weighted by atomic mass is 31.2. The van der Waals surface area contributed by atoms with Crippen molar-refractivity contribution in [2.45, 2.75) is 0 Å². The Kier molecular flexibility index (Phi) is 9.76. The third kappa shape index (κ3) is 9.29. The molecule has 8 heteroatoms. The van der Waals surface area contributed by atoms with E-state index in [1.54, 1.807) is 60.7 Å². The number of para-hydroxylation sites is 2. The van der Waals surface area contributed by atoms with E-state index in [2.05, 4.69) is 5.32 Å². The molecule has 2 rings (SSSR count). The lowest BCUT2D eigenvalue weighted by Crippen LogP contribution is -2.21. The summed E-state index contributed by atoms with van der Waals surface area (Å²) in [6.45, 7) is 1.42.